The highest BCUT2D eigenvalue weighted by atomic mass is 16.6. The van der Waals surface area contributed by atoms with E-state index in [0.717, 1.165) is 25.7 Å². The Morgan fingerprint density at radius 3 is 2.33 bits per heavy atom. The summed E-state index contributed by atoms with van der Waals surface area (Å²) in [6.07, 6.45) is 6.29. The van der Waals surface area contributed by atoms with E-state index in [1.54, 1.807) is 22.8 Å². The van der Waals surface area contributed by atoms with Gasteiger partial charge in [0.2, 0.25) is 11.8 Å². The first-order chi connectivity index (χ1) is 15.5. The molecular formula is C24H39N3O6. The molecule has 2 fully saturated rings. The number of nitrogens with one attached hydrogen (secondary N) is 1. The smallest absolute Gasteiger partial charge is 0.410 e. The second kappa shape index (κ2) is 12.0. The molecule has 0 aromatic rings. The highest BCUT2D eigenvalue weighted by Gasteiger charge is 2.29. The number of carbonyl (C=O) groups excluding carboxylic acids is 4. The third-order valence-corrected chi connectivity index (χ3v) is 5.99. The van der Waals surface area contributed by atoms with E-state index in [-0.39, 0.29) is 42.3 Å². The van der Waals surface area contributed by atoms with Crippen molar-refractivity contribution >= 4 is 23.9 Å². The van der Waals surface area contributed by atoms with Crippen LogP contribution in [0.4, 0.5) is 4.79 Å². The lowest BCUT2D eigenvalue weighted by Gasteiger charge is -2.33. The van der Waals surface area contributed by atoms with Gasteiger partial charge in [0.1, 0.15) is 5.60 Å². The number of methoxy groups -OCH3 is 1. The summed E-state index contributed by atoms with van der Waals surface area (Å²) in [6, 6.07) is 0. The average Bonchev–Trinajstić information content (AvgIpc) is 2.79. The fourth-order valence-corrected chi connectivity index (χ4v) is 4.00. The number of amides is 3. The second-order valence-corrected chi connectivity index (χ2v) is 9.96. The van der Waals surface area contributed by atoms with E-state index in [1.807, 2.05) is 26.8 Å². The van der Waals surface area contributed by atoms with Crippen LogP contribution in [0.1, 0.15) is 53.4 Å². The van der Waals surface area contributed by atoms with Crippen LogP contribution in [0.2, 0.25) is 0 Å². The van der Waals surface area contributed by atoms with Crippen LogP contribution in [0.25, 0.3) is 0 Å². The van der Waals surface area contributed by atoms with Gasteiger partial charge in [-0.3, -0.25) is 14.4 Å². The van der Waals surface area contributed by atoms with Gasteiger partial charge in [0.05, 0.1) is 18.9 Å². The average molecular weight is 466 g/mol. The number of rotatable bonds is 6. The Morgan fingerprint density at radius 1 is 1.06 bits per heavy atom. The number of esters is 1. The van der Waals surface area contributed by atoms with Crippen LogP contribution in [0.3, 0.4) is 0 Å². The van der Waals surface area contributed by atoms with Gasteiger partial charge in [0.15, 0.2) is 0 Å². The van der Waals surface area contributed by atoms with Gasteiger partial charge in [-0.25, -0.2) is 4.79 Å². The Balaban J connectivity index is 1.78. The molecule has 2 heterocycles. The van der Waals surface area contributed by atoms with E-state index in [9.17, 15) is 19.2 Å². The molecule has 0 unspecified atom stereocenters. The molecule has 0 bridgehead atoms. The summed E-state index contributed by atoms with van der Waals surface area (Å²) in [7, 11) is 1.32. The van der Waals surface area contributed by atoms with Crippen molar-refractivity contribution in [3.63, 3.8) is 0 Å². The van der Waals surface area contributed by atoms with Crippen LogP contribution >= 0.6 is 0 Å². The van der Waals surface area contributed by atoms with Crippen LogP contribution in [0, 0.1) is 17.8 Å². The Hall–Kier alpha value is -2.58. The molecule has 0 spiro atoms. The molecule has 9 heteroatoms. The molecule has 33 heavy (non-hydrogen) atoms. The summed E-state index contributed by atoms with van der Waals surface area (Å²) >= 11 is 0. The predicted molar refractivity (Wildman–Crippen MR) is 123 cm³/mol. The van der Waals surface area contributed by atoms with Gasteiger partial charge in [0.25, 0.3) is 0 Å². The van der Waals surface area contributed by atoms with E-state index in [2.05, 4.69) is 10.1 Å². The van der Waals surface area contributed by atoms with Crippen molar-refractivity contribution in [2.45, 2.75) is 59.0 Å². The topological polar surface area (TPSA) is 105 Å². The van der Waals surface area contributed by atoms with E-state index >= 15 is 0 Å². The molecule has 2 aliphatic rings. The summed E-state index contributed by atoms with van der Waals surface area (Å²) in [5.74, 6) is -1.05. The number of hydrogen-bond acceptors (Lipinski definition) is 6. The van der Waals surface area contributed by atoms with Crippen molar-refractivity contribution in [2.75, 3.05) is 39.8 Å². The zero-order valence-electron chi connectivity index (χ0n) is 20.6. The number of ether oxygens (including phenoxy) is 2. The van der Waals surface area contributed by atoms with Gasteiger partial charge in [0, 0.05) is 32.7 Å². The third kappa shape index (κ3) is 8.70. The fourth-order valence-electron chi connectivity index (χ4n) is 4.00. The number of piperidine rings is 2. The summed E-state index contributed by atoms with van der Waals surface area (Å²) in [5.41, 5.74) is -0.511. The molecule has 2 rings (SSSR count). The molecular weight excluding hydrogens is 426 g/mol. The van der Waals surface area contributed by atoms with Crippen LogP contribution in [0.5, 0.6) is 0 Å². The molecule has 2 atom stereocenters. The van der Waals surface area contributed by atoms with Crippen molar-refractivity contribution in [1.29, 1.82) is 0 Å². The minimum Gasteiger partial charge on any atom is -0.469 e. The van der Waals surface area contributed by atoms with E-state index in [4.69, 9.17) is 4.74 Å². The van der Waals surface area contributed by atoms with Crippen molar-refractivity contribution in [1.82, 2.24) is 15.1 Å². The fraction of sp³-hybridized carbons (Fsp3) is 0.750. The Labute approximate surface area is 196 Å². The van der Waals surface area contributed by atoms with Crippen LogP contribution in [0.15, 0.2) is 12.2 Å². The molecule has 3 amide bonds. The van der Waals surface area contributed by atoms with Crippen LogP contribution in [-0.2, 0) is 23.9 Å². The van der Waals surface area contributed by atoms with Gasteiger partial charge in [-0.1, -0.05) is 13.0 Å². The number of hydrogen-bond donors (Lipinski definition) is 1. The van der Waals surface area contributed by atoms with E-state index in [1.165, 1.54) is 7.11 Å². The minimum atomic E-state index is -0.511. The van der Waals surface area contributed by atoms with Gasteiger partial charge in [-0.2, -0.15) is 0 Å². The monoisotopic (exact) mass is 465 g/mol. The largest absolute Gasteiger partial charge is 0.469 e. The van der Waals surface area contributed by atoms with Gasteiger partial charge >= 0.3 is 12.1 Å². The summed E-state index contributed by atoms with van der Waals surface area (Å²) in [6.45, 7) is 9.68. The van der Waals surface area contributed by atoms with E-state index < -0.39 is 11.5 Å². The molecule has 0 radical (unpaired) electrons. The van der Waals surface area contributed by atoms with Crippen molar-refractivity contribution in [2.24, 2.45) is 17.8 Å². The lowest BCUT2D eigenvalue weighted by Crippen LogP contribution is -2.46. The normalized spacial score (nSPS) is 20.9. The summed E-state index contributed by atoms with van der Waals surface area (Å²) in [5, 5.41) is 2.80. The lowest BCUT2D eigenvalue weighted by atomic mass is 9.95. The first kappa shape index (κ1) is 26.7. The molecule has 0 aromatic carbocycles. The Morgan fingerprint density at radius 2 is 1.73 bits per heavy atom. The van der Waals surface area contributed by atoms with Crippen molar-refractivity contribution in [3.05, 3.63) is 12.2 Å². The molecule has 2 aliphatic heterocycles. The number of likely N-dealkylation sites (tertiary alicyclic amines) is 2. The molecule has 9 nitrogen and oxygen atoms in total. The lowest BCUT2D eigenvalue weighted by molar-refractivity contribution is -0.144. The number of allylic oxidation sites excluding steroid dienone is 1. The Bertz CT molecular complexity index is 737. The maximum Gasteiger partial charge on any atom is 0.410 e. The van der Waals surface area contributed by atoms with Gasteiger partial charge in [-0.05, 0) is 58.4 Å². The van der Waals surface area contributed by atoms with Gasteiger partial charge in [-0.15, -0.1) is 0 Å². The molecule has 0 aromatic heterocycles. The SMILES string of the molecule is COC(=O)[C@H](C)CNC(=O)[C@@H]1CCCN(C(=O)/C=C/C2CCN(C(=O)OC(C)(C)C)CC2)C1. The van der Waals surface area contributed by atoms with Gasteiger partial charge < -0.3 is 24.6 Å². The standard InChI is InChI=1S/C24H39N3O6/c1-17(22(30)32-5)15-25-21(29)19-7-6-12-27(16-19)20(28)9-8-18-10-13-26(14-11-18)23(31)33-24(2,3)4/h8-9,17-19H,6-7,10-16H2,1-5H3,(H,25,29)/b9-8+/t17-,19-/m1/s1. The molecule has 186 valence electrons. The second-order valence-electron chi connectivity index (χ2n) is 9.96. The molecule has 1 N–H and O–H groups in total. The zero-order valence-corrected chi connectivity index (χ0v) is 20.6. The van der Waals surface area contributed by atoms with E-state index in [0.29, 0.717) is 26.2 Å². The number of carbonyl (C=O) groups is 4. The predicted octanol–water partition coefficient (Wildman–Crippen LogP) is 2.35. The summed E-state index contributed by atoms with van der Waals surface area (Å²) in [4.78, 5) is 52.3. The maximum atomic E-state index is 12.7. The quantitative estimate of drug-likeness (QED) is 0.477. The molecule has 2 saturated heterocycles. The summed E-state index contributed by atoms with van der Waals surface area (Å²) < 4.78 is 10.1. The molecule has 0 saturated carbocycles. The first-order valence-corrected chi connectivity index (χ1v) is 11.8. The van der Waals surface area contributed by atoms with Crippen LogP contribution < -0.4 is 5.32 Å². The highest BCUT2D eigenvalue weighted by Crippen LogP contribution is 2.22. The van der Waals surface area contributed by atoms with Crippen molar-refractivity contribution < 1.29 is 28.7 Å². The number of nitrogens with zero attached hydrogens (tertiary/aromatic N) is 2. The van der Waals surface area contributed by atoms with Crippen molar-refractivity contribution in [3.8, 4) is 0 Å². The maximum absolute atomic E-state index is 12.7. The molecule has 0 aliphatic carbocycles. The minimum absolute atomic E-state index is 0.0926. The zero-order chi connectivity index (χ0) is 24.6. The highest BCUT2D eigenvalue weighted by molar-refractivity contribution is 5.88. The third-order valence-electron chi connectivity index (χ3n) is 5.99. The Kier molecular flexibility index (Phi) is 9.73. The first-order valence-electron chi connectivity index (χ1n) is 11.8. The van der Waals surface area contributed by atoms with Crippen LogP contribution in [-0.4, -0.2) is 79.1 Å².